The average molecular weight is 271 g/mol. The van der Waals surface area contributed by atoms with Crippen molar-refractivity contribution in [2.24, 2.45) is 0 Å². The molecule has 2 N–H and O–H groups in total. The second kappa shape index (κ2) is 5.88. The van der Waals surface area contributed by atoms with Crippen LogP contribution in [0.4, 0.5) is 5.69 Å². The van der Waals surface area contributed by atoms with Crippen molar-refractivity contribution in [1.29, 1.82) is 0 Å². The predicted molar refractivity (Wildman–Crippen MR) is 66.1 cm³/mol. The first-order valence-corrected chi connectivity index (χ1v) is 5.70. The van der Waals surface area contributed by atoms with Crippen LogP contribution in [0.3, 0.4) is 0 Å². The highest BCUT2D eigenvalue weighted by Gasteiger charge is 2.05. The normalized spacial score (nSPS) is 10.1. The number of likely N-dealkylation sites (N-methyl/N-ethyl adjacent to an activating group) is 1. The van der Waals surface area contributed by atoms with Gasteiger partial charge in [-0.05, 0) is 31.2 Å². The number of nitrogens with one attached hydrogen (secondary N) is 2. The molecule has 1 rings (SSSR count). The number of benzene rings is 1. The van der Waals surface area contributed by atoms with Crippen LogP contribution in [0.1, 0.15) is 12.5 Å². The van der Waals surface area contributed by atoms with Crippen LogP contribution in [0.2, 0.25) is 0 Å². The smallest absolute Gasteiger partial charge is 0.238 e. The van der Waals surface area contributed by atoms with Crippen LogP contribution in [-0.4, -0.2) is 19.0 Å². The van der Waals surface area contributed by atoms with Crippen molar-refractivity contribution in [3.05, 3.63) is 28.2 Å². The quantitative estimate of drug-likeness (QED) is 0.882. The van der Waals surface area contributed by atoms with Crippen molar-refractivity contribution in [1.82, 2.24) is 5.32 Å². The van der Waals surface area contributed by atoms with Crippen LogP contribution in [0.25, 0.3) is 0 Å². The Kier molecular flexibility index (Phi) is 4.78. The SMILES string of the molecule is CCNCC(=O)Nc1cccc(Br)c1C. The molecule has 1 amide bonds. The van der Waals surface area contributed by atoms with E-state index in [9.17, 15) is 4.79 Å². The van der Waals surface area contributed by atoms with E-state index in [0.717, 1.165) is 22.3 Å². The molecule has 0 fully saturated rings. The predicted octanol–water partition coefficient (Wildman–Crippen LogP) is 2.31. The zero-order valence-corrected chi connectivity index (χ0v) is 10.5. The van der Waals surface area contributed by atoms with Crippen molar-refractivity contribution < 1.29 is 4.79 Å². The van der Waals surface area contributed by atoms with Gasteiger partial charge in [0.25, 0.3) is 0 Å². The van der Waals surface area contributed by atoms with Crippen LogP contribution < -0.4 is 10.6 Å². The summed E-state index contributed by atoms with van der Waals surface area (Å²) >= 11 is 3.42. The van der Waals surface area contributed by atoms with E-state index in [-0.39, 0.29) is 5.91 Å². The van der Waals surface area contributed by atoms with E-state index in [4.69, 9.17) is 0 Å². The summed E-state index contributed by atoms with van der Waals surface area (Å²) in [5.41, 5.74) is 1.90. The average Bonchev–Trinajstić information content (AvgIpc) is 2.22. The van der Waals surface area contributed by atoms with Gasteiger partial charge >= 0.3 is 0 Å². The number of amides is 1. The highest BCUT2D eigenvalue weighted by atomic mass is 79.9. The van der Waals surface area contributed by atoms with Gasteiger partial charge in [0.2, 0.25) is 5.91 Å². The Balaban J connectivity index is 2.64. The summed E-state index contributed by atoms with van der Waals surface area (Å²) in [5, 5.41) is 5.83. The minimum atomic E-state index is -0.0157. The first-order chi connectivity index (χ1) is 7.15. The van der Waals surface area contributed by atoms with E-state index >= 15 is 0 Å². The number of rotatable bonds is 4. The standard InChI is InChI=1S/C11H15BrN2O/c1-3-13-7-11(15)14-10-6-4-5-9(12)8(10)2/h4-6,13H,3,7H2,1-2H3,(H,14,15). The van der Waals surface area contributed by atoms with E-state index in [1.165, 1.54) is 0 Å². The third-order valence-corrected chi connectivity index (χ3v) is 2.94. The van der Waals surface area contributed by atoms with Gasteiger partial charge in [0.05, 0.1) is 6.54 Å². The molecular weight excluding hydrogens is 256 g/mol. The molecule has 0 atom stereocenters. The highest BCUT2D eigenvalue weighted by Crippen LogP contribution is 2.23. The van der Waals surface area contributed by atoms with Gasteiger partial charge in [-0.25, -0.2) is 0 Å². The molecule has 0 aliphatic carbocycles. The Morgan fingerprint density at radius 3 is 2.87 bits per heavy atom. The van der Waals surface area contributed by atoms with Crippen molar-refractivity contribution in [2.45, 2.75) is 13.8 Å². The van der Waals surface area contributed by atoms with Gasteiger partial charge in [-0.1, -0.05) is 28.9 Å². The summed E-state index contributed by atoms with van der Waals surface area (Å²) < 4.78 is 1.00. The van der Waals surface area contributed by atoms with Gasteiger partial charge in [0, 0.05) is 10.2 Å². The first-order valence-electron chi connectivity index (χ1n) is 4.90. The molecular formula is C11H15BrN2O. The minimum Gasteiger partial charge on any atom is -0.325 e. The molecule has 82 valence electrons. The lowest BCUT2D eigenvalue weighted by Gasteiger charge is -2.09. The Morgan fingerprint density at radius 1 is 1.47 bits per heavy atom. The number of hydrogen-bond donors (Lipinski definition) is 2. The molecule has 0 unspecified atom stereocenters. The third-order valence-electron chi connectivity index (χ3n) is 2.08. The van der Waals surface area contributed by atoms with Crippen LogP contribution in [0.15, 0.2) is 22.7 Å². The maximum absolute atomic E-state index is 11.4. The topological polar surface area (TPSA) is 41.1 Å². The third kappa shape index (κ3) is 3.64. The molecule has 3 nitrogen and oxygen atoms in total. The van der Waals surface area contributed by atoms with Gasteiger partial charge in [-0.2, -0.15) is 0 Å². The molecule has 0 heterocycles. The van der Waals surface area contributed by atoms with Crippen molar-refractivity contribution in [3.8, 4) is 0 Å². The lowest BCUT2D eigenvalue weighted by molar-refractivity contribution is -0.115. The fourth-order valence-corrected chi connectivity index (χ4v) is 1.54. The van der Waals surface area contributed by atoms with Crippen LogP contribution in [0, 0.1) is 6.92 Å². The van der Waals surface area contributed by atoms with Crippen LogP contribution in [0.5, 0.6) is 0 Å². The molecule has 0 aliphatic rings. The van der Waals surface area contributed by atoms with E-state index in [1.807, 2.05) is 32.0 Å². The number of carbonyl (C=O) groups is 1. The van der Waals surface area contributed by atoms with Gasteiger partial charge < -0.3 is 10.6 Å². The summed E-state index contributed by atoms with van der Waals surface area (Å²) in [5.74, 6) is -0.0157. The molecule has 0 saturated carbocycles. The van der Waals surface area contributed by atoms with Crippen molar-refractivity contribution in [3.63, 3.8) is 0 Å². The van der Waals surface area contributed by atoms with Crippen molar-refractivity contribution in [2.75, 3.05) is 18.4 Å². The second-order valence-corrected chi connectivity index (χ2v) is 4.10. The molecule has 4 heteroatoms. The number of carbonyl (C=O) groups excluding carboxylic acids is 1. The Bertz CT molecular complexity index is 352. The summed E-state index contributed by atoms with van der Waals surface area (Å²) in [7, 11) is 0. The molecule has 0 aromatic heterocycles. The van der Waals surface area contributed by atoms with Gasteiger partial charge in [-0.3, -0.25) is 4.79 Å². The Morgan fingerprint density at radius 2 is 2.20 bits per heavy atom. The molecule has 1 aromatic rings. The number of hydrogen-bond acceptors (Lipinski definition) is 2. The fraction of sp³-hybridized carbons (Fsp3) is 0.364. The largest absolute Gasteiger partial charge is 0.325 e. The summed E-state index contributed by atoms with van der Waals surface area (Å²) in [6.07, 6.45) is 0. The van der Waals surface area contributed by atoms with Gasteiger partial charge in [-0.15, -0.1) is 0 Å². The Hall–Kier alpha value is -0.870. The zero-order valence-electron chi connectivity index (χ0n) is 8.93. The lowest BCUT2D eigenvalue weighted by atomic mass is 10.2. The molecule has 0 aliphatic heterocycles. The second-order valence-electron chi connectivity index (χ2n) is 3.24. The summed E-state index contributed by atoms with van der Waals surface area (Å²) in [4.78, 5) is 11.4. The van der Waals surface area contributed by atoms with Gasteiger partial charge in [0.1, 0.15) is 0 Å². The van der Waals surface area contributed by atoms with E-state index in [2.05, 4.69) is 26.6 Å². The monoisotopic (exact) mass is 270 g/mol. The summed E-state index contributed by atoms with van der Waals surface area (Å²) in [6.45, 7) is 5.08. The zero-order chi connectivity index (χ0) is 11.3. The molecule has 0 saturated heterocycles. The lowest BCUT2D eigenvalue weighted by Crippen LogP contribution is -2.28. The van der Waals surface area contributed by atoms with Crippen LogP contribution >= 0.6 is 15.9 Å². The van der Waals surface area contributed by atoms with Gasteiger partial charge in [0.15, 0.2) is 0 Å². The maximum atomic E-state index is 11.4. The van der Waals surface area contributed by atoms with E-state index < -0.39 is 0 Å². The number of anilines is 1. The van der Waals surface area contributed by atoms with Crippen molar-refractivity contribution >= 4 is 27.5 Å². The van der Waals surface area contributed by atoms with Crippen LogP contribution in [-0.2, 0) is 4.79 Å². The minimum absolute atomic E-state index is 0.0157. The summed E-state index contributed by atoms with van der Waals surface area (Å²) in [6, 6.07) is 5.75. The molecule has 0 spiro atoms. The maximum Gasteiger partial charge on any atom is 0.238 e. The van der Waals surface area contributed by atoms with E-state index in [1.54, 1.807) is 0 Å². The first kappa shape index (κ1) is 12.2. The Labute approximate surface area is 98.4 Å². The fourth-order valence-electron chi connectivity index (χ4n) is 1.18. The molecule has 0 radical (unpaired) electrons. The molecule has 15 heavy (non-hydrogen) atoms. The highest BCUT2D eigenvalue weighted by molar-refractivity contribution is 9.10. The molecule has 1 aromatic carbocycles. The molecule has 0 bridgehead atoms. The van der Waals surface area contributed by atoms with E-state index in [0.29, 0.717) is 6.54 Å². The number of halogens is 1.